The molecule has 2 rings (SSSR count). The van der Waals surface area contributed by atoms with Crippen LogP contribution >= 0.6 is 0 Å². The molecule has 22 heavy (non-hydrogen) atoms. The van der Waals surface area contributed by atoms with Crippen LogP contribution in [0, 0.1) is 20.8 Å². The van der Waals surface area contributed by atoms with E-state index >= 15 is 0 Å². The van der Waals surface area contributed by atoms with Crippen LogP contribution in [0.2, 0.25) is 0 Å². The van der Waals surface area contributed by atoms with Crippen molar-refractivity contribution in [2.75, 3.05) is 17.2 Å². The van der Waals surface area contributed by atoms with Gasteiger partial charge in [-0.05, 0) is 50.1 Å². The molecule has 0 aliphatic carbocycles. The maximum absolute atomic E-state index is 12.4. The molecular formula is C17H20N4O. The summed E-state index contributed by atoms with van der Waals surface area (Å²) in [6.07, 6.45) is 1.71. The third-order valence-corrected chi connectivity index (χ3v) is 2.97. The molecule has 1 aromatic heterocycles. The van der Waals surface area contributed by atoms with E-state index in [2.05, 4.69) is 33.2 Å². The fraction of sp³-hybridized carbons (Fsp3) is 0.235. The van der Waals surface area contributed by atoms with E-state index in [0.717, 1.165) is 22.5 Å². The number of anilines is 2. The molecular weight excluding hydrogens is 276 g/mol. The van der Waals surface area contributed by atoms with Crippen molar-refractivity contribution in [2.45, 2.75) is 20.8 Å². The van der Waals surface area contributed by atoms with E-state index in [1.807, 2.05) is 32.9 Å². The zero-order valence-electron chi connectivity index (χ0n) is 13.1. The summed E-state index contributed by atoms with van der Waals surface area (Å²) >= 11 is 0. The summed E-state index contributed by atoms with van der Waals surface area (Å²) in [7, 11) is 0. The van der Waals surface area contributed by atoms with Gasteiger partial charge < -0.3 is 10.6 Å². The van der Waals surface area contributed by atoms with E-state index < -0.39 is 0 Å². The van der Waals surface area contributed by atoms with Crippen molar-refractivity contribution in [2.24, 2.45) is 0 Å². The Hall–Kier alpha value is -2.69. The third-order valence-electron chi connectivity index (χ3n) is 2.97. The van der Waals surface area contributed by atoms with E-state index in [-0.39, 0.29) is 5.91 Å². The minimum Gasteiger partial charge on any atom is -0.351 e. The summed E-state index contributed by atoms with van der Waals surface area (Å²) in [5, 5.41) is 5.87. The second-order valence-corrected chi connectivity index (χ2v) is 5.22. The van der Waals surface area contributed by atoms with Gasteiger partial charge in [-0.25, -0.2) is 9.97 Å². The zero-order valence-corrected chi connectivity index (χ0v) is 13.1. The molecule has 5 heteroatoms. The molecule has 114 valence electrons. The Labute approximate surface area is 130 Å². The highest BCUT2D eigenvalue weighted by Gasteiger charge is 2.11. The quantitative estimate of drug-likeness (QED) is 0.831. The summed E-state index contributed by atoms with van der Waals surface area (Å²) in [5.74, 6) is 0.169. The molecule has 0 aliphatic rings. The fourth-order valence-corrected chi connectivity index (χ4v) is 2.17. The lowest BCUT2D eigenvalue weighted by atomic mass is 10.1. The summed E-state index contributed by atoms with van der Waals surface area (Å²) in [6, 6.07) is 7.57. The SMILES string of the molecule is C=CCNc1nc(C)cc(C(=O)Nc2cc(C)cc(C)c2)n1. The van der Waals surface area contributed by atoms with Crippen molar-refractivity contribution in [1.82, 2.24) is 9.97 Å². The van der Waals surface area contributed by atoms with Crippen LogP contribution in [0.3, 0.4) is 0 Å². The molecule has 1 aromatic carbocycles. The normalized spacial score (nSPS) is 10.1. The maximum atomic E-state index is 12.4. The first-order valence-electron chi connectivity index (χ1n) is 7.08. The number of nitrogens with zero attached hydrogens (tertiary/aromatic N) is 2. The summed E-state index contributed by atoms with van der Waals surface area (Å²) in [4.78, 5) is 20.8. The lowest BCUT2D eigenvalue weighted by Gasteiger charge is -2.09. The number of aryl methyl sites for hydroxylation is 3. The molecule has 2 aromatic rings. The topological polar surface area (TPSA) is 66.9 Å². The zero-order chi connectivity index (χ0) is 16.1. The predicted molar refractivity (Wildman–Crippen MR) is 89.3 cm³/mol. The van der Waals surface area contributed by atoms with Gasteiger partial charge in [0.25, 0.3) is 5.91 Å². The average molecular weight is 296 g/mol. The number of benzene rings is 1. The van der Waals surface area contributed by atoms with Gasteiger partial charge in [0.05, 0.1) is 0 Å². The van der Waals surface area contributed by atoms with Crippen LogP contribution < -0.4 is 10.6 Å². The van der Waals surface area contributed by atoms with Gasteiger partial charge in [-0.2, -0.15) is 0 Å². The van der Waals surface area contributed by atoms with Gasteiger partial charge in [0.2, 0.25) is 5.95 Å². The Morgan fingerprint density at radius 1 is 1.14 bits per heavy atom. The Morgan fingerprint density at radius 3 is 2.45 bits per heavy atom. The second kappa shape index (κ2) is 6.85. The predicted octanol–water partition coefficient (Wildman–Crippen LogP) is 3.25. The van der Waals surface area contributed by atoms with Crippen molar-refractivity contribution in [3.8, 4) is 0 Å². The number of carbonyl (C=O) groups is 1. The molecule has 0 spiro atoms. The number of rotatable bonds is 5. The Kier molecular flexibility index (Phi) is 4.88. The minimum atomic E-state index is -0.253. The standard InChI is InChI=1S/C17H20N4O/c1-5-6-18-17-19-13(4)10-15(21-17)16(22)20-14-8-11(2)7-12(3)9-14/h5,7-10H,1,6H2,2-4H3,(H,20,22)(H,18,19,21). The van der Waals surface area contributed by atoms with Crippen molar-refractivity contribution in [3.63, 3.8) is 0 Å². The molecule has 1 heterocycles. The van der Waals surface area contributed by atoms with E-state index in [9.17, 15) is 4.79 Å². The second-order valence-electron chi connectivity index (χ2n) is 5.22. The smallest absolute Gasteiger partial charge is 0.274 e. The van der Waals surface area contributed by atoms with Crippen molar-refractivity contribution in [1.29, 1.82) is 0 Å². The summed E-state index contributed by atoms with van der Waals surface area (Å²) in [5.41, 5.74) is 4.02. The number of carbonyl (C=O) groups excluding carboxylic acids is 1. The molecule has 0 saturated heterocycles. The first kappa shape index (κ1) is 15.7. The van der Waals surface area contributed by atoms with Gasteiger partial charge in [-0.15, -0.1) is 6.58 Å². The number of nitrogens with one attached hydrogen (secondary N) is 2. The number of hydrogen-bond acceptors (Lipinski definition) is 4. The van der Waals surface area contributed by atoms with E-state index in [1.165, 1.54) is 0 Å². The molecule has 0 fully saturated rings. The monoisotopic (exact) mass is 296 g/mol. The van der Waals surface area contributed by atoms with Gasteiger partial charge in [-0.1, -0.05) is 12.1 Å². The minimum absolute atomic E-state index is 0.253. The van der Waals surface area contributed by atoms with Crippen molar-refractivity contribution >= 4 is 17.5 Å². The summed E-state index contributed by atoms with van der Waals surface area (Å²) in [6.45, 7) is 9.99. The highest BCUT2D eigenvalue weighted by atomic mass is 16.1. The van der Waals surface area contributed by atoms with E-state index in [1.54, 1.807) is 12.1 Å². The number of aromatic nitrogens is 2. The van der Waals surface area contributed by atoms with Gasteiger partial charge in [0.1, 0.15) is 5.69 Å². The number of hydrogen-bond donors (Lipinski definition) is 2. The average Bonchev–Trinajstić information content (AvgIpc) is 2.43. The number of amides is 1. The lowest BCUT2D eigenvalue weighted by Crippen LogP contribution is -2.16. The highest BCUT2D eigenvalue weighted by molar-refractivity contribution is 6.03. The van der Waals surface area contributed by atoms with Crippen LogP contribution in [0.5, 0.6) is 0 Å². The first-order valence-corrected chi connectivity index (χ1v) is 7.08. The Morgan fingerprint density at radius 2 is 1.82 bits per heavy atom. The molecule has 0 radical (unpaired) electrons. The fourth-order valence-electron chi connectivity index (χ4n) is 2.17. The lowest BCUT2D eigenvalue weighted by molar-refractivity contribution is 0.102. The molecule has 2 N–H and O–H groups in total. The van der Waals surface area contributed by atoms with Gasteiger partial charge in [-0.3, -0.25) is 4.79 Å². The van der Waals surface area contributed by atoms with Crippen LogP contribution in [0.25, 0.3) is 0 Å². The van der Waals surface area contributed by atoms with E-state index in [4.69, 9.17) is 0 Å². The van der Waals surface area contributed by atoms with Crippen molar-refractivity contribution < 1.29 is 4.79 Å². The van der Waals surface area contributed by atoms with Gasteiger partial charge in [0.15, 0.2) is 0 Å². The summed E-state index contributed by atoms with van der Waals surface area (Å²) < 4.78 is 0. The van der Waals surface area contributed by atoms with Gasteiger partial charge >= 0.3 is 0 Å². The molecule has 0 unspecified atom stereocenters. The van der Waals surface area contributed by atoms with Crippen LogP contribution in [-0.2, 0) is 0 Å². The van der Waals surface area contributed by atoms with Crippen molar-refractivity contribution in [3.05, 3.63) is 59.4 Å². The van der Waals surface area contributed by atoms with Crippen LogP contribution in [0.15, 0.2) is 36.9 Å². The highest BCUT2D eigenvalue weighted by Crippen LogP contribution is 2.15. The van der Waals surface area contributed by atoms with Gasteiger partial charge in [0, 0.05) is 17.9 Å². The van der Waals surface area contributed by atoms with Crippen LogP contribution in [0.1, 0.15) is 27.3 Å². The molecule has 0 saturated carbocycles. The first-order chi connectivity index (χ1) is 10.5. The largest absolute Gasteiger partial charge is 0.351 e. The van der Waals surface area contributed by atoms with Crippen LogP contribution in [-0.4, -0.2) is 22.4 Å². The van der Waals surface area contributed by atoms with Crippen LogP contribution in [0.4, 0.5) is 11.6 Å². The Balaban J connectivity index is 2.21. The Bertz CT molecular complexity index is 690. The third kappa shape index (κ3) is 4.15. The molecule has 5 nitrogen and oxygen atoms in total. The molecule has 0 atom stereocenters. The molecule has 0 bridgehead atoms. The molecule has 1 amide bonds. The molecule has 0 aliphatic heterocycles. The van der Waals surface area contributed by atoms with E-state index in [0.29, 0.717) is 18.2 Å². The maximum Gasteiger partial charge on any atom is 0.274 e.